The van der Waals surface area contributed by atoms with E-state index in [0.717, 1.165) is 16.3 Å². The number of hydrogen-bond donors (Lipinski definition) is 0. The number of aliphatic imine (C=N–C) groups is 1. The number of carbonyl (C=O) groups excluding carboxylic acids is 1. The van der Waals surface area contributed by atoms with Crippen LogP contribution in [0.15, 0.2) is 41.7 Å². The molecule has 0 aliphatic rings. The van der Waals surface area contributed by atoms with E-state index in [1.165, 1.54) is 0 Å². The van der Waals surface area contributed by atoms with Crippen LogP contribution in [0.1, 0.15) is 5.56 Å². The summed E-state index contributed by atoms with van der Waals surface area (Å²) in [5.41, 5.74) is 1.02. The van der Waals surface area contributed by atoms with Crippen molar-refractivity contribution in [2.45, 2.75) is 6.54 Å². The summed E-state index contributed by atoms with van der Waals surface area (Å²) in [6, 6.07) is 7.78. The molecule has 68 valence electrons. The van der Waals surface area contributed by atoms with E-state index in [4.69, 9.17) is 0 Å². The Morgan fingerprint density at radius 2 is 2.29 bits per heavy atom. The number of rotatable bonds is 2. The summed E-state index contributed by atoms with van der Waals surface area (Å²) >= 11 is 0. The lowest BCUT2D eigenvalue weighted by atomic mass is 10.1. The molecule has 0 atom stereocenters. The van der Waals surface area contributed by atoms with Crippen LogP contribution in [-0.2, 0) is 11.3 Å². The number of isocyanates is 1. The first-order chi connectivity index (χ1) is 6.92. The molecule has 0 amide bonds. The molecule has 0 saturated carbocycles. The molecule has 0 spiro atoms. The first-order valence-corrected chi connectivity index (χ1v) is 4.27. The van der Waals surface area contributed by atoms with Gasteiger partial charge >= 0.3 is 0 Å². The lowest BCUT2D eigenvalue weighted by Gasteiger charge is -2.01. The van der Waals surface area contributed by atoms with Gasteiger partial charge in [-0.3, -0.25) is 4.98 Å². The molecule has 0 unspecified atom stereocenters. The van der Waals surface area contributed by atoms with E-state index >= 15 is 0 Å². The summed E-state index contributed by atoms with van der Waals surface area (Å²) in [5.74, 6) is 0. The van der Waals surface area contributed by atoms with Gasteiger partial charge in [0.2, 0.25) is 6.08 Å². The van der Waals surface area contributed by atoms with Crippen LogP contribution in [-0.4, -0.2) is 11.1 Å². The van der Waals surface area contributed by atoms with Gasteiger partial charge < -0.3 is 0 Å². The average molecular weight is 184 g/mol. The summed E-state index contributed by atoms with van der Waals surface area (Å²) in [6.45, 7) is 0.380. The van der Waals surface area contributed by atoms with Gasteiger partial charge in [-0.2, -0.15) is 0 Å². The van der Waals surface area contributed by atoms with Crippen molar-refractivity contribution in [2.75, 3.05) is 0 Å². The van der Waals surface area contributed by atoms with Gasteiger partial charge in [0.05, 0.1) is 6.54 Å². The lowest BCUT2D eigenvalue weighted by Crippen LogP contribution is -1.84. The summed E-state index contributed by atoms with van der Waals surface area (Å²) in [4.78, 5) is 17.6. The van der Waals surface area contributed by atoms with Crippen LogP contribution in [0.25, 0.3) is 10.8 Å². The van der Waals surface area contributed by atoms with E-state index in [1.54, 1.807) is 18.5 Å². The largest absolute Gasteiger partial charge is 0.264 e. The maximum absolute atomic E-state index is 10.0. The molecule has 0 saturated heterocycles. The van der Waals surface area contributed by atoms with Crippen LogP contribution < -0.4 is 0 Å². The molecule has 1 aromatic heterocycles. The van der Waals surface area contributed by atoms with Crippen molar-refractivity contribution in [3.63, 3.8) is 0 Å². The van der Waals surface area contributed by atoms with Gasteiger partial charge in [-0.15, -0.1) is 0 Å². The Bertz CT molecular complexity index is 496. The van der Waals surface area contributed by atoms with E-state index in [9.17, 15) is 4.79 Å². The van der Waals surface area contributed by atoms with E-state index in [0.29, 0.717) is 6.54 Å². The van der Waals surface area contributed by atoms with Gasteiger partial charge in [-0.1, -0.05) is 18.2 Å². The zero-order chi connectivity index (χ0) is 9.80. The third kappa shape index (κ3) is 1.53. The predicted molar refractivity (Wildman–Crippen MR) is 53.6 cm³/mol. The number of fused-ring (bicyclic) bond motifs is 1. The maximum atomic E-state index is 10.0. The van der Waals surface area contributed by atoms with Gasteiger partial charge in [0.15, 0.2) is 0 Å². The van der Waals surface area contributed by atoms with Crippen LogP contribution in [0.3, 0.4) is 0 Å². The van der Waals surface area contributed by atoms with Crippen LogP contribution in [0, 0.1) is 0 Å². The molecule has 2 aromatic rings. The minimum atomic E-state index is 0.380. The predicted octanol–water partition coefficient (Wildman–Crippen LogP) is 2.07. The molecule has 3 nitrogen and oxygen atoms in total. The Balaban J connectivity index is 2.58. The Morgan fingerprint density at radius 3 is 3.14 bits per heavy atom. The summed E-state index contributed by atoms with van der Waals surface area (Å²) in [7, 11) is 0. The fraction of sp³-hybridized carbons (Fsp3) is 0.0909. The fourth-order valence-corrected chi connectivity index (χ4v) is 1.44. The third-order valence-electron chi connectivity index (χ3n) is 2.08. The molecular weight excluding hydrogens is 176 g/mol. The highest BCUT2D eigenvalue weighted by Crippen LogP contribution is 2.17. The van der Waals surface area contributed by atoms with E-state index in [-0.39, 0.29) is 0 Å². The van der Waals surface area contributed by atoms with Crippen molar-refractivity contribution in [2.24, 2.45) is 4.99 Å². The molecule has 0 N–H and O–H groups in total. The number of pyridine rings is 1. The van der Waals surface area contributed by atoms with Crippen LogP contribution in [0.4, 0.5) is 0 Å². The van der Waals surface area contributed by atoms with Crippen molar-refractivity contribution in [1.29, 1.82) is 0 Å². The Hall–Kier alpha value is -1.99. The SMILES string of the molecule is O=C=NCc1cccc2cnccc12. The molecular formula is C11H8N2O. The molecule has 14 heavy (non-hydrogen) atoms. The molecule has 2 rings (SSSR count). The number of hydrogen-bond acceptors (Lipinski definition) is 3. The molecule has 0 aliphatic carbocycles. The molecule has 0 radical (unpaired) electrons. The van der Waals surface area contributed by atoms with Crippen molar-refractivity contribution in [3.8, 4) is 0 Å². The van der Waals surface area contributed by atoms with Gasteiger partial charge in [-0.05, 0) is 17.0 Å². The van der Waals surface area contributed by atoms with Crippen molar-refractivity contribution in [1.82, 2.24) is 4.98 Å². The highest BCUT2D eigenvalue weighted by molar-refractivity contribution is 5.84. The number of nitrogens with zero attached hydrogens (tertiary/aromatic N) is 2. The van der Waals surface area contributed by atoms with Crippen molar-refractivity contribution < 1.29 is 4.79 Å². The van der Waals surface area contributed by atoms with Gasteiger partial charge in [0.25, 0.3) is 0 Å². The normalized spacial score (nSPS) is 9.71. The Labute approximate surface area is 81.1 Å². The zero-order valence-electron chi connectivity index (χ0n) is 7.47. The van der Waals surface area contributed by atoms with Gasteiger partial charge in [0, 0.05) is 17.8 Å². The molecule has 1 heterocycles. The number of aromatic nitrogens is 1. The fourth-order valence-electron chi connectivity index (χ4n) is 1.44. The quantitative estimate of drug-likeness (QED) is 0.529. The first-order valence-electron chi connectivity index (χ1n) is 4.27. The van der Waals surface area contributed by atoms with E-state index in [2.05, 4.69) is 9.98 Å². The van der Waals surface area contributed by atoms with E-state index < -0.39 is 0 Å². The van der Waals surface area contributed by atoms with E-state index in [1.807, 2.05) is 24.3 Å². The molecule has 0 aliphatic heterocycles. The molecule has 0 bridgehead atoms. The highest BCUT2D eigenvalue weighted by Gasteiger charge is 1.98. The minimum Gasteiger partial charge on any atom is -0.264 e. The molecule has 3 heteroatoms. The van der Waals surface area contributed by atoms with Crippen molar-refractivity contribution >= 4 is 16.9 Å². The second-order valence-corrected chi connectivity index (χ2v) is 2.92. The average Bonchev–Trinajstić information content (AvgIpc) is 2.26. The monoisotopic (exact) mass is 184 g/mol. The summed E-state index contributed by atoms with van der Waals surface area (Å²) < 4.78 is 0. The molecule has 0 fully saturated rings. The van der Waals surface area contributed by atoms with Gasteiger partial charge in [-0.25, -0.2) is 9.79 Å². The summed E-state index contributed by atoms with van der Waals surface area (Å²) in [6.07, 6.45) is 5.07. The number of benzene rings is 1. The van der Waals surface area contributed by atoms with Crippen LogP contribution in [0.2, 0.25) is 0 Å². The smallest absolute Gasteiger partial charge is 0.235 e. The van der Waals surface area contributed by atoms with Crippen LogP contribution >= 0.6 is 0 Å². The Morgan fingerprint density at radius 1 is 1.36 bits per heavy atom. The Kier molecular flexibility index (Phi) is 2.34. The maximum Gasteiger partial charge on any atom is 0.235 e. The van der Waals surface area contributed by atoms with Crippen molar-refractivity contribution in [3.05, 3.63) is 42.2 Å². The molecule has 1 aromatic carbocycles. The highest BCUT2D eigenvalue weighted by atomic mass is 16.1. The standard InChI is InChI=1S/C11H8N2O/c14-8-13-7-10-3-1-2-9-6-12-5-4-11(9)10/h1-6H,7H2. The first kappa shape index (κ1) is 8.60. The second kappa shape index (κ2) is 3.81. The second-order valence-electron chi connectivity index (χ2n) is 2.92. The summed E-state index contributed by atoms with van der Waals surface area (Å²) in [5, 5.41) is 2.15. The lowest BCUT2D eigenvalue weighted by molar-refractivity contribution is 0.563. The van der Waals surface area contributed by atoms with Crippen LogP contribution in [0.5, 0.6) is 0 Å². The topological polar surface area (TPSA) is 42.3 Å². The zero-order valence-corrected chi connectivity index (χ0v) is 7.47. The van der Waals surface area contributed by atoms with Gasteiger partial charge in [0.1, 0.15) is 0 Å². The minimum absolute atomic E-state index is 0.380. The third-order valence-corrected chi connectivity index (χ3v) is 2.08.